The van der Waals surface area contributed by atoms with Crippen LogP contribution < -0.4 is 16.4 Å². The van der Waals surface area contributed by atoms with E-state index in [-0.39, 0.29) is 18.4 Å². The molecule has 1 aromatic rings. The van der Waals surface area contributed by atoms with Gasteiger partial charge in [0.05, 0.1) is 0 Å². The summed E-state index contributed by atoms with van der Waals surface area (Å²) in [4.78, 5) is 17.4. The van der Waals surface area contributed by atoms with Crippen molar-refractivity contribution in [1.82, 2.24) is 0 Å². The number of guanidine groups is 1. The van der Waals surface area contributed by atoms with Crippen molar-refractivity contribution in [3.63, 3.8) is 0 Å². The zero-order chi connectivity index (χ0) is 13.0. The summed E-state index contributed by atoms with van der Waals surface area (Å²) in [7, 11) is 0. The fraction of sp³-hybridized carbons (Fsp3) is 0.385. The van der Waals surface area contributed by atoms with E-state index in [0.29, 0.717) is 5.56 Å². The molecule has 6 heteroatoms. The van der Waals surface area contributed by atoms with Crippen molar-refractivity contribution in [1.29, 1.82) is 0 Å². The van der Waals surface area contributed by atoms with Gasteiger partial charge in [-0.15, -0.1) is 12.4 Å². The number of hydrogen-bond donors (Lipinski definition) is 2. The maximum Gasteiger partial charge on any atom is 0.280 e. The SMILES string of the molecule is Cl.NC(N)=NC(=O)c1ccc(N2CCCCC2)cc1. The molecule has 19 heavy (non-hydrogen) atoms. The number of anilines is 1. The van der Waals surface area contributed by atoms with E-state index < -0.39 is 5.91 Å². The number of hydrogen-bond acceptors (Lipinski definition) is 2. The van der Waals surface area contributed by atoms with Crippen LogP contribution in [0.1, 0.15) is 29.6 Å². The highest BCUT2D eigenvalue weighted by molar-refractivity contribution is 6.02. The maximum absolute atomic E-state index is 11.6. The van der Waals surface area contributed by atoms with Gasteiger partial charge in [-0.3, -0.25) is 4.79 Å². The lowest BCUT2D eigenvalue weighted by molar-refractivity contribution is 0.100. The van der Waals surface area contributed by atoms with Crippen molar-refractivity contribution >= 4 is 30.0 Å². The van der Waals surface area contributed by atoms with Gasteiger partial charge in [0.25, 0.3) is 5.91 Å². The average molecular weight is 283 g/mol. The molecule has 0 bridgehead atoms. The molecule has 2 rings (SSSR count). The van der Waals surface area contributed by atoms with Gasteiger partial charge in [-0.25, -0.2) is 0 Å². The molecule has 1 aromatic carbocycles. The van der Waals surface area contributed by atoms with Crippen LogP contribution in [0.2, 0.25) is 0 Å². The summed E-state index contributed by atoms with van der Waals surface area (Å²) in [5.74, 6) is -0.611. The Bertz CT molecular complexity index is 448. The van der Waals surface area contributed by atoms with Crippen molar-refractivity contribution in [2.24, 2.45) is 16.5 Å². The molecule has 5 nitrogen and oxygen atoms in total. The Morgan fingerprint density at radius 2 is 1.63 bits per heavy atom. The minimum absolute atomic E-state index is 0. The van der Waals surface area contributed by atoms with E-state index in [0.717, 1.165) is 18.8 Å². The average Bonchev–Trinajstić information content (AvgIpc) is 2.39. The third-order valence-corrected chi connectivity index (χ3v) is 3.07. The first-order valence-corrected chi connectivity index (χ1v) is 6.16. The zero-order valence-corrected chi connectivity index (χ0v) is 11.5. The molecular weight excluding hydrogens is 264 g/mol. The van der Waals surface area contributed by atoms with Gasteiger partial charge in [0.2, 0.25) is 0 Å². The molecule has 0 saturated carbocycles. The van der Waals surface area contributed by atoms with Gasteiger partial charge in [0, 0.05) is 24.3 Å². The number of benzene rings is 1. The van der Waals surface area contributed by atoms with E-state index in [1.54, 1.807) is 12.1 Å². The molecule has 0 spiro atoms. The number of carbonyl (C=O) groups excluding carboxylic acids is 1. The first-order chi connectivity index (χ1) is 8.66. The zero-order valence-electron chi connectivity index (χ0n) is 10.7. The quantitative estimate of drug-likeness (QED) is 0.636. The van der Waals surface area contributed by atoms with Gasteiger partial charge < -0.3 is 16.4 Å². The lowest BCUT2D eigenvalue weighted by Gasteiger charge is -2.28. The molecule has 1 aliphatic rings. The molecule has 1 aliphatic heterocycles. The lowest BCUT2D eigenvalue weighted by atomic mass is 10.1. The highest BCUT2D eigenvalue weighted by Gasteiger charge is 2.11. The largest absolute Gasteiger partial charge is 0.372 e. The van der Waals surface area contributed by atoms with Crippen LogP contribution >= 0.6 is 12.4 Å². The fourth-order valence-electron chi connectivity index (χ4n) is 2.15. The Labute approximate surface area is 119 Å². The van der Waals surface area contributed by atoms with Crippen molar-refractivity contribution in [3.8, 4) is 0 Å². The monoisotopic (exact) mass is 282 g/mol. The molecule has 1 amide bonds. The highest BCUT2D eigenvalue weighted by Crippen LogP contribution is 2.20. The Balaban J connectivity index is 0.00000180. The highest BCUT2D eigenvalue weighted by atomic mass is 35.5. The Kier molecular flexibility index (Phi) is 5.63. The molecule has 1 heterocycles. The summed E-state index contributed by atoms with van der Waals surface area (Å²) >= 11 is 0. The number of carbonyl (C=O) groups is 1. The molecule has 0 aliphatic carbocycles. The topological polar surface area (TPSA) is 84.7 Å². The van der Waals surface area contributed by atoms with Gasteiger partial charge in [-0.1, -0.05) is 0 Å². The van der Waals surface area contributed by atoms with Gasteiger partial charge in [0.15, 0.2) is 5.96 Å². The number of nitrogens with two attached hydrogens (primary N) is 2. The van der Waals surface area contributed by atoms with Gasteiger partial charge in [-0.05, 0) is 43.5 Å². The minimum atomic E-state index is -0.403. The van der Waals surface area contributed by atoms with Crippen LogP contribution in [0.25, 0.3) is 0 Å². The summed E-state index contributed by atoms with van der Waals surface area (Å²) in [5, 5.41) is 0. The summed E-state index contributed by atoms with van der Waals surface area (Å²) in [6, 6.07) is 7.42. The fourth-order valence-corrected chi connectivity index (χ4v) is 2.15. The van der Waals surface area contributed by atoms with Crippen LogP contribution in [0.15, 0.2) is 29.3 Å². The van der Waals surface area contributed by atoms with Gasteiger partial charge >= 0.3 is 0 Å². The maximum atomic E-state index is 11.6. The van der Waals surface area contributed by atoms with Crippen LogP contribution in [0, 0.1) is 0 Å². The standard InChI is InChI=1S/C13H18N4O.ClH/c14-13(15)16-12(18)10-4-6-11(7-5-10)17-8-2-1-3-9-17;/h4-7H,1-3,8-9H2,(H4,14,15,16,18);1H. The second kappa shape index (κ2) is 6.99. The van der Waals surface area contributed by atoms with E-state index in [4.69, 9.17) is 11.5 Å². The van der Waals surface area contributed by atoms with Gasteiger partial charge in [0.1, 0.15) is 0 Å². The lowest BCUT2D eigenvalue weighted by Crippen LogP contribution is -2.29. The number of piperidine rings is 1. The molecule has 1 fully saturated rings. The number of aliphatic imine (C=N–C) groups is 1. The number of amides is 1. The van der Waals surface area contributed by atoms with Crippen LogP contribution in [-0.4, -0.2) is 25.0 Å². The first kappa shape index (κ1) is 15.3. The smallest absolute Gasteiger partial charge is 0.280 e. The normalized spacial score (nSPS) is 14.4. The van der Waals surface area contributed by atoms with E-state index in [9.17, 15) is 4.79 Å². The van der Waals surface area contributed by atoms with Crippen molar-refractivity contribution < 1.29 is 4.79 Å². The van der Waals surface area contributed by atoms with E-state index in [1.807, 2.05) is 12.1 Å². The molecule has 4 N–H and O–H groups in total. The predicted octanol–water partition coefficient (Wildman–Crippen LogP) is 1.51. The molecule has 104 valence electrons. The summed E-state index contributed by atoms with van der Waals surface area (Å²) in [6.45, 7) is 2.17. The Morgan fingerprint density at radius 1 is 1.05 bits per heavy atom. The van der Waals surface area contributed by atoms with Crippen LogP contribution in [0.5, 0.6) is 0 Å². The molecule has 0 aromatic heterocycles. The summed E-state index contributed by atoms with van der Waals surface area (Å²) in [5.41, 5.74) is 12.0. The second-order valence-electron chi connectivity index (χ2n) is 4.44. The van der Waals surface area contributed by atoms with Crippen LogP contribution in [0.4, 0.5) is 5.69 Å². The van der Waals surface area contributed by atoms with Gasteiger partial charge in [-0.2, -0.15) is 4.99 Å². The Hall–Kier alpha value is -1.75. The summed E-state index contributed by atoms with van der Waals surface area (Å²) in [6.07, 6.45) is 3.76. The van der Waals surface area contributed by atoms with E-state index >= 15 is 0 Å². The third kappa shape index (κ3) is 4.13. The molecule has 0 atom stereocenters. The van der Waals surface area contributed by atoms with Crippen LogP contribution in [0.3, 0.4) is 0 Å². The first-order valence-electron chi connectivity index (χ1n) is 6.16. The second-order valence-corrected chi connectivity index (χ2v) is 4.44. The number of rotatable bonds is 2. The Morgan fingerprint density at radius 3 is 2.16 bits per heavy atom. The number of halogens is 1. The predicted molar refractivity (Wildman–Crippen MR) is 79.9 cm³/mol. The third-order valence-electron chi connectivity index (χ3n) is 3.07. The minimum Gasteiger partial charge on any atom is -0.372 e. The van der Waals surface area contributed by atoms with Crippen molar-refractivity contribution in [2.75, 3.05) is 18.0 Å². The molecule has 0 radical (unpaired) electrons. The molecular formula is C13H19ClN4O. The number of nitrogens with zero attached hydrogens (tertiary/aromatic N) is 2. The summed E-state index contributed by atoms with van der Waals surface area (Å²) < 4.78 is 0. The van der Waals surface area contributed by atoms with E-state index in [1.165, 1.54) is 19.3 Å². The van der Waals surface area contributed by atoms with Crippen LogP contribution in [-0.2, 0) is 0 Å². The van der Waals surface area contributed by atoms with Crippen molar-refractivity contribution in [3.05, 3.63) is 29.8 Å². The molecule has 0 unspecified atom stereocenters. The van der Waals surface area contributed by atoms with E-state index in [2.05, 4.69) is 9.89 Å². The molecule has 1 saturated heterocycles. The van der Waals surface area contributed by atoms with Crippen molar-refractivity contribution in [2.45, 2.75) is 19.3 Å².